The van der Waals surface area contributed by atoms with E-state index in [9.17, 15) is 0 Å². The van der Waals surface area contributed by atoms with Crippen LogP contribution in [0.3, 0.4) is 0 Å². The van der Waals surface area contributed by atoms with Gasteiger partial charge < -0.3 is 4.74 Å². The molecule has 4 heteroatoms. The van der Waals surface area contributed by atoms with Crippen molar-refractivity contribution >= 4 is 24.2 Å². The topological polar surface area (TPSA) is 21.3 Å². The van der Waals surface area contributed by atoms with Gasteiger partial charge in [0.05, 0.1) is 6.61 Å². The number of rotatable bonds is 1. The van der Waals surface area contributed by atoms with Gasteiger partial charge in [0, 0.05) is 10.8 Å². The van der Waals surface area contributed by atoms with Gasteiger partial charge in [0.2, 0.25) is 0 Å². The number of hydrogen-bond donors (Lipinski definition) is 1. The maximum Gasteiger partial charge on any atom is 0.128 e. The number of thioether (sulfide) groups is 1. The zero-order valence-electron chi connectivity index (χ0n) is 9.84. The minimum atomic E-state index is -0.0887. The first-order valence-corrected chi connectivity index (χ1v) is 6.62. The molecule has 0 aromatic carbocycles. The lowest BCUT2D eigenvalue weighted by Gasteiger charge is -2.36. The van der Waals surface area contributed by atoms with E-state index in [0.29, 0.717) is 5.25 Å². The summed E-state index contributed by atoms with van der Waals surface area (Å²) in [6.07, 6.45) is 4.03. The van der Waals surface area contributed by atoms with Crippen molar-refractivity contribution in [2.45, 2.75) is 56.5 Å². The quantitative estimate of drug-likeness (QED) is 0.775. The van der Waals surface area contributed by atoms with Gasteiger partial charge in [-0.3, -0.25) is 5.32 Å². The van der Waals surface area contributed by atoms with E-state index in [1.807, 2.05) is 0 Å². The molecule has 0 aliphatic carbocycles. The van der Waals surface area contributed by atoms with Crippen LogP contribution >= 0.6 is 24.2 Å². The van der Waals surface area contributed by atoms with Crippen LogP contribution in [-0.2, 0) is 4.74 Å². The fourth-order valence-electron chi connectivity index (χ4n) is 2.42. The van der Waals surface area contributed by atoms with Crippen LogP contribution in [0.25, 0.3) is 0 Å². The van der Waals surface area contributed by atoms with Crippen molar-refractivity contribution in [3.05, 3.63) is 0 Å². The van der Waals surface area contributed by atoms with E-state index in [0.717, 1.165) is 6.61 Å². The lowest BCUT2D eigenvalue weighted by molar-refractivity contribution is 0.00201. The highest BCUT2D eigenvalue weighted by Crippen LogP contribution is 2.37. The Morgan fingerprint density at radius 2 is 2.00 bits per heavy atom. The molecule has 0 aromatic rings. The van der Waals surface area contributed by atoms with Crippen LogP contribution in [0.2, 0.25) is 0 Å². The molecule has 2 atom stereocenters. The second kappa shape index (κ2) is 4.82. The van der Waals surface area contributed by atoms with Gasteiger partial charge in [0.1, 0.15) is 5.72 Å². The summed E-state index contributed by atoms with van der Waals surface area (Å²) in [5, 5.41) is 4.27. The predicted octanol–water partition coefficient (Wildman–Crippen LogP) is 2.81. The highest BCUT2D eigenvalue weighted by atomic mass is 35.5. The highest BCUT2D eigenvalue weighted by molar-refractivity contribution is 8.00. The predicted molar refractivity (Wildman–Crippen MR) is 68.9 cm³/mol. The number of ether oxygens (including phenoxy) is 1. The summed E-state index contributed by atoms with van der Waals surface area (Å²) in [4.78, 5) is 0. The summed E-state index contributed by atoms with van der Waals surface area (Å²) in [5.41, 5.74) is 0.0569. The molecule has 1 N–H and O–H groups in total. The Kier molecular flexibility index (Phi) is 4.38. The van der Waals surface area contributed by atoms with E-state index < -0.39 is 0 Å². The molecule has 2 saturated heterocycles. The van der Waals surface area contributed by atoms with Crippen molar-refractivity contribution < 1.29 is 4.74 Å². The molecule has 0 amide bonds. The van der Waals surface area contributed by atoms with Gasteiger partial charge in [-0.05, 0) is 39.4 Å². The Labute approximate surface area is 103 Å². The average Bonchev–Trinajstić information content (AvgIpc) is 2.44. The number of halogens is 1. The summed E-state index contributed by atoms with van der Waals surface area (Å²) in [6, 6.07) is 0. The molecule has 2 nitrogen and oxygen atoms in total. The number of nitrogens with one attached hydrogen (secondary N) is 1. The maximum atomic E-state index is 5.96. The molecule has 2 unspecified atom stereocenters. The fraction of sp³-hybridized carbons (Fsp3) is 1.00. The van der Waals surface area contributed by atoms with E-state index in [1.54, 1.807) is 0 Å². The Bertz CT molecular complexity index is 219. The van der Waals surface area contributed by atoms with Crippen LogP contribution in [0.15, 0.2) is 0 Å². The fourth-order valence-corrected chi connectivity index (χ4v) is 3.86. The van der Waals surface area contributed by atoms with E-state index in [2.05, 4.69) is 37.8 Å². The Hall–Kier alpha value is 0.560. The molecule has 15 heavy (non-hydrogen) atoms. The smallest absolute Gasteiger partial charge is 0.128 e. The largest absolute Gasteiger partial charge is 0.358 e. The van der Waals surface area contributed by atoms with Crippen LogP contribution in [-0.4, -0.2) is 28.9 Å². The van der Waals surface area contributed by atoms with Crippen LogP contribution in [0, 0.1) is 0 Å². The molecule has 2 fully saturated rings. The third-order valence-electron chi connectivity index (χ3n) is 3.11. The standard InChI is InChI=1S/C11H21NOS.ClH/c1-10(2)8-13-11(3,12-10)9-6-4-5-7-14-9;/h9,12H,4-8H2,1-3H3;1H. The molecule has 0 bridgehead atoms. The summed E-state index contributed by atoms with van der Waals surface area (Å²) in [7, 11) is 0. The average molecular weight is 252 g/mol. The zero-order chi connectivity index (χ0) is 10.2. The van der Waals surface area contributed by atoms with Crippen molar-refractivity contribution in [2.24, 2.45) is 0 Å². The molecule has 90 valence electrons. The SMILES string of the molecule is CC1(C)COC(C)(C2CCCCS2)N1.Cl. The normalized spacial score (nSPS) is 39.8. The maximum absolute atomic E-state index is 5.96. The first-order chi connectivity index (χ1) is 6.52. The lowest BCUT2D eigenvalue weighted by Crippen LogP contribution is -2.53. The molecule has 0 aromatic heterocycles. The molecule has 2 heterocycles. The van der Waals surface area contributed by atoms with Crippen molar-refractivity contribution in [1.29, 1.82) is 0 Å². The Morgan fingerprint density at radius 3 is 2.47 bits per heavy atom. The zero-order valence-corrected chi connectivity index (χ0v) is 11.5. The second-order valence-corrected chi connectivity index (χ2v) is 6.57. The van der Waals surface area contributed by atoms with Gasteiger partial charge in [-0.25, -0.2) is 0 Å². The van der Waals surface area contributed by atoms with Crippen LogP contribution in [0.5, 0.6) is 0 Å². The first kappa shape index (κ1) is 13.6. The summed E-state index contributed by atoms with van der Waals surface area (Å²) < 4.78 is 5.96. The molecule has 2 aliphatic rings. The molecular weight excluding hydrogens is 230 g/mol. The summed E-state index contributed by atoms with van der Waals surface area (Å²) in [5.74, 6) is 1.30. The lowest BCUT2D eigenvalue weighted by atomic mass is 10.0. The highest BCUT2D eigenvalue weighted by Gasteiger charge is 2.45. The second-order valence-electron chi connectivity index (χ2n) is 5.26. The molecule has 0 spiro atoms. The van der Waals surface area contributed by atoms with E-state index in [1.165, 1.54) is 25.0 Å². The van der Waals surface area contributed by atoms with Gasteiger partial charge in [-0.15, -0.1) is 12.4 Å². The monoisotopic (exact) mass is 251 g/mol. The molecule has 2 aliphatic heterocycles. The van der Waals surface area contributed by atoms with Crippen molar-refractivity contribution in [2.75, 3.05) is 12.4 Å². The Morgan fingerprint density at radius 1 is 1.27 bits per heavy atom. The van der Waals surface area contributed by atoms with Gasteiger partial charge in [-0.2, -0.15) is 11.8 Å². The number of hydrogen-bond acceptors (Lipinski definition) is 3. The first-order valence-electron chi connectivity index (χ1n) is 5.57. The molecule has 0 saturated carbocycles. The van der Waals surface area contributed by atoms with Gasteiger partial charge in [-0.1, -0.05) is 6.42 Å². The summed E-state index contributed by atoms with van der Waals surface area (Å²) >= 11 is 2.07. The molecule has 0 radical (unpaired) electrons. The van der Waals surface area contributed by atoms with Gasteiger partial charge in [0.25, 0.3) is 0 Å². The van der Waals surface area contributed by atoms with Gasteiger partial charge in [0.15, 0.2) is 0 Å². The van der Waals surface area contributed by atoms with E-state index in [4.69, 9.17) is 4.74 Å². The van der Waals surface area contributed by atoms with Gasteiger partial charge >= 0.3 is 0 Å². The molecular formula is C11H22ClNOS. The van der Waals surface area contributed by atoms with Crippen LogP contribution in [0.4, 0.5) is 0 Å². The summed E-state index contributed by atoms with van der Waals surface area (Å²) in [6.45, 7) is 7.47. The Balaban J connectivity index is 0.00000112. The third kappa shape index (κ3) is 3.02. The van der Waals surface area contributed by atoms with Crippen molar-refractivity contribution in [3.8, 4) is 0 Å². The molecule has 2 rings (SSSR count). The van der Waals surface area contributed by atoms with Crippen molar-refractivity contribution in [3.63, 3.8) is 0 Å². The van der Waals surface area contributed by atoms with Crippen LogP contribution in [0.1, 0.15) is 40.0 Å². The van der Waals surface area contributed by atoms with Crippen LogP contribution < -0.4 is 5.32 Å². The van der Waals surface area contributed by atoms with E-state index in [-0.39, 0.29) is 23.7 Å². The third-order valence-corrected chi connectivity index (χ3v) is 4.73. The minimum Gasteiger partial charge on any atom is -0.358 e. The minimum absolute atomic E-state index is 0. The van der Waals surface area contributed by atoms with E-state index >= 15 is 0 Å². The van der Waals surface area contributed by atoms with Crippen molar-refractivity contribution in [1.82, 2.24) is 5.32 Å².